The van der Waals surface area contributed by atoms with Crippen molar-refractivity contribution in [3.8, 4) is 5.75 Å². The molecule has 1 aliphatic rings. The molecule has 0 fully saturated rings. The number of halogens is 7. The lowest BCUT2D eigenvalue weighted by atomic mass is 10.0. The standard InChI is InChI=1S/C16H25F3O2.C13H16BrF3O3/c1-20-15-10-12-21-13-14(15)9-7-5-3-2-4-6-8-11-16(17,18)19;1-4-19-12(20-5-2)9-6-8(14)7-10(11(9)18-3)13(15,16)17/h10,12H,2-9,11,13H2,1H3;6-7,12H,4-5H2,1-3H3. The summed E-state index contributed by atoms with van der Waals surface area (Å²) in [4.78, 5) is 0. The summed E-state index contributed by atoms with van der Waals surface area (Å²) >= 11 is 3.07. The molecular weight excluding hydrogens is 622 g/mol. The van der Waals surface area contributed by atoms with Crippen LogP contribution >= 0.6 is 15.9 Å². The van der Waals surface area contributed by atoms with E-state index in [2.05, 4.69) is 15.9 Å². The summed E-state index contributed by atoms with van der Waals surface area (Å²) < 4.78 is 101. The molecule has 0 saturated carbocycles. The van der Waals surface area contributed by atoms with Crippen LogP contribution in [0, 0.1) is 0 Å². The van der Waals surface area contributed by atoms with Crippen LogP contribution in [0.1, 0.15) is 89.1 Å². The van der Waals surface area contributed by atoms with E-state index in [1.807, 2.05) is 6.08 Å². The van der Waals surface area contributed by atoms with Gasteiger partial charge in [-0.05, 0) is 45.2 Å². The van der Waals surface area contributed by atoms with Gasteiger partial charge < -0.3 is 23.7 Å². The van der Waals surface area contributed by atoms with Gasteiger partial charge in [-0.25, -0.2) is 0 Å². The van der Waals surface area contributed by atoms with Crippen molar-refractivity contribution in [1.29, 1.82) is 0 Å². The van der Waals surface area contributed by atoms with Gasteiger partial charge in [-0.3, -0.25) is 0 Å². The average molecular weight is 664 g/mol. The Morgan fingerprint density at radius 3 is 1.95 bits per heavy atom. The molecule has 236 valence electrons. The summed E-state index contributed by atoms with van der Waals surface area (Å²) in [7, 11) is 2.85. The van der Waals surface area contributed by atoms with Crippen LogP contribution in [0.25, 0.3) is 0 Å². The minimum absolute atomic E-state index is 0.206. The lowest BCUT2D eigenvalue weighted by Crippen LogP contribution is -2.14. The van der Waals surface area contributed by atoms with Crippen LogP contribution in [0.5, 0.6) is 5.75 Å². The monoisotopic (exact) mass is 662 g/mol. The highest BCUT2D eigenvalue weighted by atomic mass is 79.9. The van der Waals surface area contributed by atoms with Crippen molar-refractivity contribution in [2.45, 2.75) is 90.3 Å². The zero-order valence-electron chi connectivity index (χ0n) is 24.1. The average Bonchev–Trinajstić information content (AvgIpc) is 2.91. The van der Waals surface area contributed by atoms with E-state index < -0.39 is 30.6 Å². The van der Waals surface area contributed by atoms with Gasteiger partial charge in [0.1, 0.15) is 18.1 Å². The number of rotatable bonds is 16. The lowest BCUT2D eigenvalue weighted by molar-refractivity contribution is -0.145. The first-order valence-electron chi connectivity index (χ1n) is 13.7. The van der Waals surface area contributed by atoms with Gasteiger partial charge in [0, 0.05) is 35.8 Å². The Balaban J connectivity index is 0.000000410. The predicted octanol–water partition coefficient (Wildman–Crippen LogP) is 10.1. The maximum atomic E-state index is 13.0. The third-order valence-corrected chi connectivity index (χ3v) is 6.52. The molecule has 0 N–H and O–H groups in total. The van der Waals surface area contributed by atoms with Crippen molar-refractivity contribution in [1.82, 2.24) is 0 Å². The Kier molecular flexibility index (Phi) is 17.5. The topological polar surface area (TPSA) is 46.2 Å². The Morgan fingerprint density at radius 1 is 0.854 bits per heavy atom. The molecule has 0 amide bonds. The molecule has 0 aromatic heterocycles. The van der Waals surface area contributed by atoms with Gasteiger partial charge in [0.2, 0.25) is 0 Å². The maximum absolute atomic E-state index is 13.0. The first-order chi connectivity index (χ1) is 19.4. The van der Waals surface area contributed by atoms with E-state index in [1.165, 1.54) is 18.7 Å². The Labute approximate surface area is 247 Å². The number of hydrogen-bond acceptors (Lipinski definition) is 5. The van der Waals surface area contributed by atoms with Gasteiger partial charge in [-0.15, -0.1) is 0 Å². The molecule has 12 heteroatoms. The van der Waals surface area contributed by atoms with Crippen LogP contribution in [0.3, 0.4) is 0 Å². The smallest absolute Gasteiger partial charge is 0.420 e. The normalized spacial score (nSPS) is 13.7. The van der Waals surface area contributed by atoms with Crippen LogP contribution in [0.4, 0.5) is 26.3 Å². The minimum atomic E-state index is -4.52. The van der Waals surface area contributed by atoms with E-state index in [-0.39, 0.29) is 22.2 Å². The molecule has 41 heavy (non-hydrogen) atoms. The van der Waals surface area contributed by atoms with E-state index >= 15 is 0 Å². The first kappa shape index (κ1) is 37.1. The van der Waals surface area contributed by atoms with Crippen LogP contribution in [-0.2, 0) is 25.1 Å². The molecule has 1 aromatic rings. The number of unbranched alkanes of at least 4 members (excludes halogenated alkanes) is 6. The fourth-order valence-electron chi connectivity index (χ4n) is 4.16. The van der Waals surface area contributed by atoms with E-state index in [9.17, 15) is 26.3 Å². The highest BCUT2D eigenvalue weighted by Crippen LogP contribution is 2.43. The number of ether oxygens (including phenoxy) is 5. The molecule has 1 aromatic carbocycles. The van der Waals surface area contributed by atoms with Crippen LogP contribution < -0.4 is 4.74 Å². The van der Waals surface area contributed by atoms with Gasteiger partial charge in [0.05, 0.1) is 31.6 Å². The molecule has 0 atom stereocenters. The summed E-state index contributed by atoms with van der Waals surface area (Å²) in [6.45, 7) is 4.68. The van der Waals surface area contributed by atoms with Gasteiger partial charge in [-0.2, -0.15) is 26.3 Å². The Morgan fingerprint density at radius 2 is 1.44 bits per heavy atom. The Hall–Kier alpha value is -1.92. The summed E-state index contributed by atoms with van der Waals surface area (Å²) in [5, 5.41) is 0. The zero-order valence-corrected chi connectivity index (χ0v) is 25.6. The Bertz CT molecular complexity index is 941. The van der Waals surface area contributed by atoms with Gasteiger partial charge in [0.25, 0.3) is 0 Å². The van der Waals surface area contributed by atoms with Crippen molar-refractivity contribution in [3.63, 3.8) is 0 Å². The lowest BCUT2D eigenvalue weighted by Gasteiger charge is -2.22. The molecule has 1 heterocycles. The fraction of sp³-hybridized carbons (Fsp3) is 0.655. The predicted molar refractivity (Wildman–Crippen MR) is 148 cm³/mol. The summed E-state index contributed by atoms with van der Waals surface area (Å²) in [6.07, 6.45) is 0.476. The van der Waals surface area contributed by atoms with Crippen LogP contribution in [-0.4, -0.2) is 40.2 Å². The minimum Gasteiger partial charge on any atom is -0.497 e. The number of hydrogen-bond donors (Lipinski definition) is 0. The fourth-order valence-corrected chi connectivity index (χ4v) is 4.64. The number of alkyl halides is 6. The van der Waals surface area contributed by atoms with E-state index in [0.717, 1.165) is 50.4 Å². The molecule has 5 nitrogen and oxygen atoms in total. The van der Waals surface area contributed by atoms with Gasteiger partial charge in [-0.1, -0.05) is 48.0 Å². The zero-order chi connectivity index (χ0) is 30.9. The third kappa shape index (κ3) is 14.7. The van der Waals surface area contributed by atoms with E-state index in [1.54, 1.807) is 27.2 Å². The molecule has 2 rings (SSSR count). The van der Waals surface area contributed by atoms with Crippen molar-refractivity contribution in [3.05, 3.63) is 51.4 Å². The number of allylic oxidation sites excluding steroid dienone is 1. The number of benzene rings is 1. The molecule has 0 bridgehead atoms. The van der Waals surface area contributed by atoms with Crippen molar-refractivity contribution in [2.75, 3.05) is 34.0 Å². The molecular formula is C29H41BrF6O5. The highest BCUT2D eigenvalue weighted by molar-refractivity contribution is 9.10. The SMILES string of the molecule is CCOC(OCC)c1cc(Br)cc(C(F)(F)F)c1OC.COC1=C(CCCCCCCCCC(F)(F)F)COC=C1. The van der Waals surface area contributed by atoms with Crippen molar-refractivity contribution in [2.24, 2.45) is 0 Å². The molecule has 0 unspecified atom stereocenters. The highest BCUT2D eigenvalue weighted by Gasteiger charge is 2.37. The van der Waals surface area contributed by atoms with Crippen LogP contribution in [0.2, 0.25) is 0 Å². The molecule has 0 radical (unpaired) electrons. The molecule has 0 aliphatic carbocycles. The van der Waals surface area contributed by atoms with Crippen molar-refractivity contribution < 1.29 is 50.0 Å². The van der Waals surface area contributed by atoms with E-state index in [4.69, 9.17) is 23.7 Å². The van der Waals surface area contributed by atoms with Crippen LogP contribution in [0.15, 0.2) is 40.3 Å². The quantitative estimate of drug-likeness (QED) is 0.100. The first-order valence-corrected chi connectivity index (χ1v) is 14.5. The molecule has 0 saturated heterocycles. The molecule has 0 spiro atoms. The molecule has 1 aliphatic heterocycles. The third-order valence-electron chi connectivity index (χ3n) is 6.06. The van der Waals surface area contributed by atoms with Gasteiger partial charge >= 0.3 is 12.4 Å². The number of methoxy groups -OCH3 is 2. The second-order valence-corrected chi connectivity index (χ2v) is 10.1. The summed E-state index contributed by atoms with van der Waals surface area (Å²) in [5.74, 6) is 0.612. The summed E-state index contributed by atoms with van der Waals surface area (Å²) in [5.41, 5.74) is 0.525. The van der Waals surface area contributed by atoms with Gasteiger partial charge in [0.15, 0.2) is 6.29 Å². The summed E-state index contributed by atoms with van der Waals surface area (Å²) in [6, 6.07) is 2.47. The maximum Gasteiger partial charge on any atom is 0.420 e. The van der Waals surface area contributed by atoms with E-state index in [0.29, 0.717) is 26.2 Å². The van der Waals surface area contributed by atoms with Crippen molar-refractivity contribution >= 4 is 15.9 Å². The largest absolute Gasteiger partial charge is 0.497 e. The second kappa shape index (κ2) is 19.3. The second-order valence-electron chi connectivity index (χ2n) is 9.19.